The summed E-state index contributed by atoms with van der Waals surface area (Å²) in [5.41, 5.74) is 3.54. The van der Waals surface area contributed by atoms with Gasteiger partial charge in [-0.05, 0) is 65.0 Å². The predicted octanol–water partition coefficient (Wildman–Crippen LogP) is 3.27. The molecule has 0 radical (unpaired) electrons. The second-order valence-electron chi connectivity index (χ2n) is 7.92. The molecule has 1 N–H and O–H groups in total. The summed E-state index contributed by atoms with van der Waals surface area (Å²) < 4.78 is 5.33. The number of nitriles is 1. The number of aryl methyl sites for hydroxylation is 1. The Bertz CT molecular complexity index is 937. The second-order valence-corrected chi connectivity index (χ2v) is 7.92. The number of ether oxygens (including phenoxy) is 1. The topological polar surface area (TPSA) is 89.4 Å². The fourth-order valence-electron chi connectivity index (χ4n) is 3.18. The van der Waals surface area contributed by atoms with E-state index in [4.69, 9.17) is 10.00 Å². The van der Waals surface area contributed by atoms with Crippen molar-refractivity contribution in [2.24, 2.45) is 0 Å². The fourth-order valence-corrected chi connectivity index (χ4v) is 3.18. The summed E-state index contributed by atoms with van der Waals surface area (Å²) in [5, 5.41) is 8.99. The summed E-state index contributed by atoms with van der Waals surface area (Å²) in [6.07, 6.45) is -0.238. The van der Waals surface area contributed by atoms with Crippen molar-refractivity contribution in [1.82, 2.24) is 14.8 Å². The Balaban J connectivity index is 2.33. The van der Waals surface area contributed by atoms with Crippen LogP contribution in [0.15, 0.2) is 24.3 Å². The van der Waals surface area contributed by atoms with E-state index in [-0.39, 0.29) is 12.0 Å². The number of carbonyl (C=O) groups excluding carboxylic acids is 2. The normalized spacial score (nSPS) is 10.9. The third kappa shape index (κ3) is 5.71. The molecule has 2 rings (SSSR count). The number of likely N-dealkylation sites (N-methyl/N-ethyl adjacent to an activating group) is 1. The molecule has 7 nitrogen and oxygen atoms in total. The van der Waals surface area contributed by atoms with Gasteiger partial charge in [0.25, 0.3) is 5.91 Å². The van der Waals surface area contributed by atoms with E-state index in [1.54, 1.807) is 44.7 Å². The van der Waals surface area contributed by atoms with Crippen LogP contribution in [0.4, 0.5) is 0 Å². The smallest absolute Gasteiger partial charge is 0.340 e. The quantitative estimate of drug-likeness (QED) is 0.675. The molecular formula is C23H30N4O3. The van der Waals surface area contributed by atoms with Crippen LogP contribution in [0.2, 0.25) is 0 Å². The van der Waals surface area contributed by atoms with Gasteiger partial charge in [-0.2, -0.15) is 5.26 Å². The van der Waals surface area contributed by atoms with Gasteiger partial charge < -0.3 is 19.5 Å². The average Bonchev–Trinajstić information content (AvgIpc) is 2.98. The van der Waals surface area contributed by atoms with Gasteiger partial charge in [-0.1, -0.05) is 12.1 Å². The first-order valence-electron chi connectivity index (χ1n) is 9.97. The zero-order chi connectivity index (χ0) is 22.4. The minimum absolute atomic E-state index is 0.176. The van der Waals surface area contributed by atoms with Gasteiger partial charge in [0.15, 0.2) is 0 Å². The maximum atomic E-state index is 13.4. The number of aromatic amines is 1. The lowest BCUT2D eigenvalue weighted by molar-refractivity contribution is 0.0376. The van der Waals surface area contributed by atoms with Gasteiger partial charge in [0.1, 0.15) is 5.69 Å². The van der Waals surface area contributed by atoms with Crippen LogP contribution in [-0.4, -0.2) is 59.9 Å². The van der Waals surface area contributed by atoms with Gasteiger partial charge in [0.2, 0.25) is 0 Å². The van der Waals surface area contributed by atoms with Gasteiger partial charge >= 0.3 is 5.97 Å². The van der Waals surface area contributed by atoms with Gasteiger partial charge in [-0.3, -0.25) is 4.79 Å². The highest BCUT2D eigenvalue weighted by Gasteiger charge is 2.26. The predicted molar refractivity (Wildman–Crippen MR) is 115 cm³/mol. The van der Waals surface area contributed by atoms with Crippen LogP contribution in [0, 0.1) is 25.2 Å². The van der Waals surface area contributed by atoms with Gasteiger partial charge in [-0.25, -0.2) is 4.79 Å². The van der Waals surface area contributed by atoms with Gasteiger partial charge in [-0.15, -0.1) is 0 Å². The van der Waals surface area contributed by atoms with Crippen molar-refractivity contribution < 1.29 is 14.3 Å². The van der Waals surface area contributed by atoms with Crippen LogP contribution in [0.1, 0.15) is 57.1 Å². The number of amides is 1. The van der Waals surface area contributed by atoms with Crippen molar-refractivity contribution in [3.05, 3.63) is 57.9 Å². The Kier molecular flexibility index (Phi) is 7.79. The summed E-state index contributed by atoms with van der Waals surface area (Å²) in [5.74, 6) is -0.604. The van der Waals surface area contributed by atoms with Crippen LogP contribution in [-0.2, 0) is 11.3 Å². The largest absolute Gasteiger partial charge is 0.459 e. The van der Waals surface area contributed by atoms with Crippen molar-refractivity contribution in [2.75, 3.05) is 27.2 Å². The third-order valence-electron chi connectivity index (χ3n) is 4.76. The number of carbonyl (C=O) groups is 2. The van der Waals surface area contributed by atoms with Gasteiger partial charge in [0, 0.05) is 25.3 Å². The first-order chi connectivity index (χ1) is 14.1. The molecule has 1 aromatic heterocycles. The van der Waals surface area contributed by atoms with Crippen LogP contribution in [0.3, 0.4) is 0 Å². The number of nitrogens with one attached hydrogen (secondary N) is 1. The molecule has 0 spiro atoms. The van der Waals surface area contributed by atoms with Crippen molar-refractivity contribution >= 4 is 11.9 Å². The molecule has 7 heteroatoms. The van der Waals surface area contributed by atoms with Crippen LogP contribution in [0.5, 0.6) is 0 Å². The van der Waals surface area contributed by atoms with Crippen LogP contribution in [0.25, 0.3) is 0 Å². The summed E-state index contributed by atoms with van der Waals surface area (Å²) in [7, 11) is 3.91. The molecule has 0 aliphatic carbocycles. The number of nitrogens with zero attached hydrogens (tertiary/aromatic N) is 3. The number of esters is 1. The Morgan fingerprint density at radius 3 is 2.30 bits per heavy atom. The fraction of sp³-hybridized carbons (Fsp3) is 0.435. The van der Waals surface area contributed by atoms with Crippen LogP contribution < -0.4 is 0 Å². The van der Waals surface area contributed by atoms with Crippen molar-refractivity contribution in [3.63, 3.8) is 0 Å². The number of hydrogen-bond acceptors (Lipinski definition) is 5. The van der Waals surface area contributed by atoms with Crippen molar-refractivity contribution in [3.8, 4) is 6.07 Å². The minimum atomic E-state index is -0.428. The second kappa shape index (κ2) is 10.1. The molecule has 0 saturated heterocycles. The Morgan fingerprint density at radius 2 is 1.77 bits per heavy atom. The molecule has 0 fully saturated rings. The average molecular weight is 411 g/mol. The molecular weight excluding hydrogens is 380 g/mol. The summed E-state index contributed by atoms with van der Waals surface area (Å²) in [6.45, 7) is 8.74. The van der Waals surface area contributed by atoms with Crippen LogP contribution >= 0.6 is 0 Å². The molecule has 2 aromatic rings. The first kappa shape index (κ1) is 23.2. The van der Waals surface area contributed by atoms with E-state index >= 15 is 0 Å². The van der Waals surface area contributed by atoms with Crippen molar-refractivity contribution in [1.29, 1.82) is 5.26 Å². The van der Waals surface area contributed by atoms with E-state index in [1.165, 1.54) is 0 Å². The molecule has 160 valence electrons. The molecule has 0 unspecified atom stereocenters. The third-order valence-corrected chi connectivity index (χ3v) is 4.76. The molecule has 1 amide bonds. The van der Waals surface area contributed by atoms with E-state index in [1.807, 2.05) is 31.1 Å². The maximum absolute atomic E-state index is 13.4. The monoisotopic (exact) mass is 410 g/mol. The number of rotatable bonds is 8. The molecule has 0 atom stereocenters. The zero-order valence-electron chi connectivity index (χ0n) is 18.6. The summed E-state index contributed by atoms with van der Waals surface area (Å²) in [4.78, 5) is 32.7. The Labute approximate surface area is 178 Å². The number of H-pyrrole nitrogens is 1. The van der Waals surface area contributed by atoms with Crippen molar-refractivity contribution in [2.45, 2.75) is 40.3 Å². The first-order valence-corrected chi connectivity index (χ1v) is 9.97. The Morgan fingerprint density at radius 1 is 1.13 bits per heavy atom. The molecule has 30 heavy (non-hydrogen) atoms. The zero-order valence-corrected chi connectivity index (χ0v) is 18.6. The molecule has 1 aromatic carbocycles. The lowest BCUT2D eigenvalue weighted by atomic mass is 10.1. The summed E-state index contributed by atoms with van der Waals surface area (Å²) in [6, 6.07) is 9.30. The molecule has 0 aliphatic heterocycles. The lowest BCUT2D eigenvalue weighted by Crippen LogP contribution is -2.36. The molecule has 0 bridgehead atoms. The lowest BCUT2D eigenvalue weighted by Gasteiger charge is -2.24. The SMILES string of the molecule is Cc1[nH]c(C(=O)N(CCN(C)C)Cc2ccc(C#N)cc2)c(C)c1C(=O)OC(C)C. The number of aromatic nitrogens is 1. The Hall–Kier alpha value is -3.11. The number of hydrogen-bond donors (Lipinski definition) is 1. The van der Waals surface area contributed by atoms with E-state index < -0.39 is 5.97 Å². The maximum Gasteiger partial charge on any atom is 0.340 e. The highest BCUT2D eigenvalue weighted by molar-refractivity contribution is 6.00. The number of benzene rings is 1. The minimum Gasteiger partial charge on any atom is -0.459 e. The standard InChI is InChI=1S/C23H30N4O3/c1-15(2)30-23(29)20-16(3)21(25-17(20)4)22(28)27(12-11-26(5)6)14-19-9-7-18(13-24)8-10-19/h7-10,15,25H,11-12,14H2,1-6H3. The van der Waals surface area contributed by atoms with E-state index in [0.29, 0.717) is 47.7 Å². The highest BCUT2D eigenvalue weighted by atomic mass is 16.5. The van der Waals surface area contributed by atoms with E-state index in [2.05, 4.69) is 11.1 Å². The molecule has 0 saturated carbocycles. The summed E-state index contributed by atoms with van der Waals surface area (Å²) >= 11 is 0. The highest BCUT2D eigenvalue weighted by Crippen LogP contribution is 2.22. The van der Waals surface area contributed by atoms with E-state index in [0.717, 1.165) is 5.56 Å². The van der Waals surface area contributed by atoms with Gasteiger partial charge in [0.05, 0.1) is 23.3 Å². The molecule has 0 aliphatic rings. The van der Waals surface area contributed by atoms with E-state index in [9.17, 15) is 9.59 Å². The molecule has 1 heterocycles.